The number of carbonyl (C=O) groups excluding carboxylic acids is 2. The predicted molar refractivity (Wildman–Crippen MR) is 101 cm³/mol. The van der Waals surface area contributed by atoms with E-state index in [1.54, 1.807) is 12.1 Å². The molecule has 0 spiro atoms. The molecule has 1 N–H and O–H groups in total. The third-order valence-corrected chi connectivity index (χ3v) is 4.65. The molecule has 1 aliphatic rings. The fourth-order valence-electron chi connectivity index (χ4n) is 2.84. The zero-order chi connectivity index (χ0) is 18.2. The second kappa shape index (κ2) is 9.66. The average Bonchev–Trinajstić information content (AvgIpc) is 2.82. The van der Waals surface area contributed by atoms with Gasteiger partial charge in [0.25, 0.3) is 0 Å². The molecule has 1 aromatic carbocycles. The van der Waals surface area contributed by atoms with Gasteiger partial charge in [0, 0.05) is 37.7 Å². The quantitative estimate of drug-likeness (QED) is 0.871. The van der Waals surface area contributed by atoms with Gasteiger partial charge in [-0.25, -0.2) is 4.79 Å². The molecule has 0 aliphatic carbocycles. The first kappa shape index (κ1) is 19.6. The average molecular weight is 366 g/mol. The van der Waals surface area contributed by atoms with E-state index < -0.39 is 0 Å². The van der Waals surface area contributed by atoms with Crippen LogP contribution in [0.5, 0.6) is 0 Å². The van der Waals surface area contributed by atoms with E-state index in [2.05, 4.69) is 19.2 Å². The highest BCUT2D eigenvalue weighted by molar-refractivity contribution is 6.30. The third kappa shape index (κ3) is 6.58. The Morgan fingerprint density at radius 1 is 1.08 bits per heavy atom. The lowest BCUT2D eigenvalue weighted by Crippen LogP contribution is -2.43. The van der Waals surface area contributed by atoms with Crippen LogP contribution in [0.1, 0.15) is 32.3 Å². The number of nitrogens with zero attached hydrogens (tertiary/aromatic N) is 2. The van der Waals surface area contributed by atoms with Crippen LogP contribution in [-0.4, -0.2) is 54.5 Å². The van der Waals surface area contributed by atoms with Crippen LogP contribution in [0.25, 0.3) is 0 Å². The van der Waals surface area contributed by atoms with E-state index in [0.717, 1.165) is 18.4 Å². The Hall–Kier alpha value is -1.75. The van der Waals surface area contributed by atoms with Crippen molar-refractivity contribution in [3.8, 4) is 0 Å². The minimum Gasteiger partial charge on any atom is -0.341 e. The summed E-state index contributed by atoms with van der Waals surface area (Å²) in [7, 11) is 0. The number of carbonyl (C=O) groups is 2. The summed E-state index contributed by atoms with van der Waals surface area (Å²) in [5, 5.41) is 3.64. The maximum Gasteiger partial charge on any atom is 0.317 e. The highest BCUT2D eigenvalue weighted by atomic mass is 35.5. The first-order valence-corrected chi connectivity index (χ1v) is 9.38. The zero-order valence-electron chi connectivity index (χ0n) is 15.1. The molecule has 25 heavy (non-hydrogen) atoms. The molecule has 3 amide bonds. The minimum absolute atomic E-state index is 0.0207. The van der Waals surface area contributed by atoms with Gasteiger partial charge in [-0.05, 0) is 36.5 Å². The molecule has 0 radical (unpaired) electrons. The second-order valence-corrected chi connectivity index (χ2v) is 7.38. The minimum atomic E-state index is -0.0207. The summed E-state index contributed by atoms with van der Waals surface area (Å²) in [5.74, 6) is 0.676. The van der Waals surface area contributed by atoms with Crippen molar-refractivity contribution >= 4 is 23.5 Å². The molecule has 1 heterocycles. The first-order chi connectivity index (χ1) is 12.0. The van der Waals surface area contributed by atoms with Crippen molar-refractivity contribution in [2.24, 2.45) is 5.92 Å². The molecular formula is C19H28ClN3O2. The predicted octanol–water partition coefficient (Wildman–Crippen LogP) is 3.17. The summed E-state index contributed by atoms with van der Waals surface area (Å²) < 4.78 is 0. The normalized spacial score (nSPS) is 15.2. The molecule has 1 saturated heterocycles. The lowest BCUT2D eigenvalue weighted by molar-refractivity contribution is -0.130. The fraction of sp³-hybridized carbons (Fsp3) is 0.579. The molecule has 1 aromatic rings. The highest BCUT2D eigenvalue weighted by Gasteiger charge is 2.21. The van der Waals surface area contributed by atoms with Gasteiger partial charge in [0.15, 0.2) is 0 Å². The van der Waals surface area contributed by atoms with E-state index in [-0.39, 0.29) is 11.9 Å². The van der Waals surface area contributed by atoms with Gasteiger partial charge in [-0.3, -0.25) is 4.79 Å². The number of benzene rings is 1. The van der Waals surface area contributed by atoms with Crippen molar-refractivity contribution in [3.05, 3.63) is 34.9 Å². The standard InChI is InChI=1S/C19H28ClN3O2/c1-15(2)8-9-21-19(25)23-11-3-10-22(12-13-23)18(24)14-16-4-6-17(20)7-5-16/h4-7,15H,3,8-14H2,1-2H3,(H,21,25). The smallest absolute Gasteiger partial charge is 0.317 e. The second-order valence-electron chi connectivity index (χ2n) is 6.94. The van der Waals surface area contributed by atoms with Crippen LogP contribution in [0.3, 0.4) is 0 Å². The van der Waals surface area contributed by atoms with Crippen molar-refractivity contribution < 1.29 is 9.59 Å². The highest BCUT2D eigenvalue weighted by Crippen LogP contribution is 2.12. The van der Waals surface area contributed by atoms with Crippen molar-refractivity contribution in [1.29, 1.82) is 0 Å². The Morgan fingerprint density at radius 3 is 2.40 bits per heavy atom. The maximum absolute atomic E-state index is 12.5. The van der Waals surface area contributed by atoms with Gasteiger partial charge in [0.1, 0.15) is 0 Å². The summed E-state index contributed by atoms with van der Waals surface area (Å²) >= 11 is 5.88. The van der Waals surface area contributed by atoms with E-state index in [1.165, 1.54) is 0 Å². The van der Waals surface area contributed by atoms with E-state index in [0.29, 0.717) is 50.1 Å². The molecule has 1 aliphatic heterocycles. The van der Waals surface area contributed by atoms with Gasteiger partial charge in [-0.2, -0.15) is 0 Å². The maximum atomic E-state index is 12.5. The summed E-state index contributed by atoms with van der Waals surface area (Å²) in [6.45, 7) is 7.54. The SMILES string of the molecule is CC(C)CCNC(=O)N1CCCN(C(=O)Cc2ccc(Cl)cc2)CC1. The van der Waals surface area contributed by atoms with E-state index >= 15 is 0 Å². The van der Waals surface area contributed by atoms with Gasteiger partial charge < -0.3 is 15.1 Å². The van der Waals surface area contributed by atoms with Gasteiger partial charge in [0.2, 0.25) is 5.91 Å². The third-order valence-electron chi connectivity index (χ3n) is 4.40. The Kier molecular flexibility index (Phi) is 7.56. The molecule has 0 unspecified atom stereocenters. The van der Waals surface area contributed by atoms with Crippen LogP contribution in [0.4, 0.5) is 4.79 Å². The number of rotatable bonds is 5. The number of halogens is 1. The van der Waals surface area contributed by atoms with Crippen molar-refractivity contribution in [2.75, 3.05) is 32.7 Å². The molecular weight excluding hydrogens is 338 g/mol. The molecule has 0 bridgehead atoms. The van der Waals surface area contributed by atoms with Crippen molar-refractivity contribution in [3.63, 3.8) is 0 Å². The lowest BCUT2D eigenvalue weighted by atomic mass is 10.1. The van der Waals surface area contributed by atoms with E-state index in [4.69, 9.17) is 11.6 Å². The molecule has 2 rings (SSSR count). The molecule has 0 saturated carbocycles. The number of hydrogen-bond donors (Lipinski definition) is 1. The zero-order valence-corrected chi connectivity index (χ0v) is 15.9. The summed E-state index contributed by atoms with van der Waals surface area (Å²) in [4.78, 5) is 28.4. The number of amides is 3. The Morgan fingerprint density at radius 2 is 1.72 bits per heavy atom. The Bertz CT molecular complexity index is 575. The molecule has 1 fully saturated rings. The summed E-state index contributed by atoms with van der Waals surface area (Å²) in [6, 6.07) is 7.35. The summed E-state index contributed by atoms with van der Waals surface area (Å²) in [5.41, 5.74) is 0.960. The number of hydrogen-bond acceptors (Lipinski definition) is 2. The first-order valence-electron chi connectivity index (χ1n) is 9.00. The summed E-state index contributed by atoms with van der Waals surface area (Å²) in [6.07, 6.45) is 2.16. The Labute approximate surface area is 155 Å². The van der Waals surface area contributed by atoms with Gasteiger partial charge in [-0.15, -0.1) is 0 Å². The van der Waals surface area contributed by atoms with Gasteiger partial charge in [-0.1, -0.05) is 37.6 Å². The Balaban J connectivity index is 1.80. The number of nitrogens with one attached hydrogen (secondary N) is 1. The van der Waals surface area contributed by atoms with E-state index in [1.807, 2.05) is 21.9 Å². The molecule has 138 valence electrons. The van der Waals surface area contributed by atoms with Crippen molar-refractivity contribution in [1.82, 2.24) is 15.1 Å². The van der Waals surface area contributed by atoms with Crippen LogP contribution in [0.15, 0.2) is 24.3 Å². The largest absolute Gasteiger partial charge is 0.341 e. The van der Waals surface area contributed by atoms with Crippen LogP contribution in [-0.2, 0) is 11.2 Å². The molecule has 0 atom stereocenters. The van der Waals surface area contributed by atoms with Crippen LogP contribution < -0.4 is 5.32 Å². The molecule has 5 nitrogen and oxygen atoms in total. The lowest BCUT2D eigenvalue weighted by Gasteiger charge is -2.22. The number of urea groups is 1. The van der Waals surface area contributed by atoms with Crippen LogP contribution in [0.2, 0.25) is 5.02 Å². The van der Waals surface area contributed by atoms with Gasteiger partial charge >= 0.3 is 6.03 Å². The van der Waals surface area contributed by atoms with E-state index in [9.17, 15) is 9.59 Å². The van der Waals surface area contributed by atoms with Crippen LogP contribution in [0, 0.1) is 5.92 Å². The topological polar surface area (TPSA) is 52.7 Å². The molecule has 6 heteroatoms. The van der Waals surface area contributed by atoms with Gasteiger partial charge in [0.05, 0.1) is 6.42 Å². The fourth-order valence-corrected chi connectivity index (χ4v) is 2.96. The molecule has 0 aromatic heterocycles. The van der Waals surface area contributed by atoms with Crippen molar-refractivity contribution in [2.45, 2.75) is 33.1 Å². The van der Waals surface area contributed by atoms with Crippen LogP contribution >= 0.6 is 11.6 Å². The monoisotopic (exact) mass is 365 g/mol.